The van der Waals surface area contributed by atoms with E-state index in [1.165, 1.54) is 11.3 Å². The van der Waals surface area contributed by atoms with Crippen LogP contribution in [-0.2, 0) is 13.5 Å². The summed E-state index contributed by atoms with van der Waals surface area (Å²) < 4.78 is 3.02. The van der Waals surface area contributed by atoms with Crippen LogP contribution in [-0.4, -0.2) is 9.78 Å². The first-order valence-electron chi connectivity index (χ1n) is 5.54. The predicted octanol–water partition coefficient (Wildman–Crippen LogP) is 4.25. The number of rotatable bonds is 4. The van der Waals surface area contributed by atoms with Gasteiger partial charge >= 0.3 is 0 Å². The highest BCUT2D eigenvalue weighted by Crippen LogP contribution is 2.29. The highest BCUT2D eigenvalue weighted by Gasteiger charge is 2.11. The SMILES string of the molecule is Cn1ncc(Br)c1CCC(Br)c1ccccc1. The minimum Gasteiger partial charge on any atom is -0.271 e. The average Bonchev–Trinajstić information content (AvgIpc) is 2.67. The molecular formula is C13H14Br2N2. The first-order valence-corrected chi connectivity index (χ1v) is 7.24. The molecular weight excluding hydrogens is 344 g/mol. The van der Waals surface area contributed by atoms with Crippen LogP contribution >= 0.6 is 31.9 Å². The smallest absolute Gasteiger partial charge is 0.0635 e. The second-order valence-corrected chi connectivity index (χ2v) is 5.94. The molecule has 0 amide bonds. The summed E-state index contributed by atoms with van der Waals surface area (Å²) in [6, 6.07) is 10.5. The summed E-state index contributed by atoms with van der Waals surface area (Å²) in [6.07, 6.45) is 3.91. The maximum atomic E-state index is 4.22. The van der Waals surface area contributed by atoms with Crippen LogP contribution in [0, 0.1) is 0 Å². The number of alkyl halides is 1. The third-order valence-electron chi connectivity index (χ3n) is 2.81. The summed E-state index contributed by atoms with van der Waals surface area (Å²) >= 11 is 7.26. The van der Waals surface area contributed by atoms with Gasteiger partial charge in [0.15, 0.2) is 0 Å². The third kappa shape index (κ3) is 3.19. The van der Waals surface area contributed by atoms with Crippen LogP contribution in [0.3, 0.4) is 0 Å². The molecule has 2 nitrogen and oxygen atoms in total. The van der Waals surface area contributed by atoms with Crippen LogP contribution in [0.2, 0.25) is 0 Å². The van der Waals surface area contributed by atoms with E-state index in [4.69, 9.17) is 0 Å². The molecule has 0 fully saturated rings. The molecule has 1 aromatic carbocycles. The lowest BCUT2D eigenvalue weighted by Crippen LogP contribution is -2.01. The molecule has 0 bridgehead atoms. The van der Waals surface area contributed by atoms with Gasteiger partial charge in [-0.3, -0.25) is 4.68 Å². The topological polar surface area (TPSA) is 17.8 Å². The lowest BCUT2D eigenvalue weighted by atomic mass is 10.1. The maximum absolute atomic E-state index is 4.22. The van der Waals surface area contributed by atoms with Gasteiger partial charge in [0.1, 0.15) is 0 Å². The zero-order valence-corrected chi connectivity index (χ0v) is 12.8. The minimum atomic E-state index is 0.394. The Morgan fingerprint density at radius 2 is 2.00 bits per heavy atom. The van der Waals surface area contributed by atoms with Crippen molar-refractivity contribution in [3.8, 4) is 0 Å². The Labute approximate surface area is 118 Å². The fourth-order valence-electron chi connectivity index (χ4n) is 1.81. The Morgan fingerprint density at radius 3 is 2.59 bits per heavy atom. The lowest BCUT2D eigenvalue weighted by molar-refractivity contribution is 0.679. The fourth-order valence-corrected chi connectivity index (χ4v) is 2.89. The third-order valence-corrected chi connectivity index (χ3v) is 4.46. The summed E-state index contributed by atoms with van der Waals surface area (Å²) in [4.78, 5) is 0.394. The molecule has 0 radical (unpaired) electrons. The van der Waals surface area contributed by atoms with E-state index in [0.29, 0.717) is 4.83 Å². The molecule has 0 spiro atoms. The van der Waals surface area contributed by atoms with Crippen molar-refractivity contribution in [2.24, 2.45) is 7.05 Å². The molecule has 90 valence electrons. The highest BCUT2D eigenvalue weighted by molar-refractivity contribution is 9.10. The van der Waals surface area contributed by atoms with Crippen molar-refractivity contribution in [3.63, 3.8) is 0 Å². The molecule has 0 aliphatic heterocycles. The van der Waals surface area contributed by atoms with Gasteiger partial charge in [0.05, 0.1) is 16.4 Å². The first-order chi connectivity index (χ1) is 8.18. The van der Waals surface area contributed by atoms with Gasteiger partial charge in [0, 0.05) is 11.9 Å². The number of hydrogen-bond donors (Lipinski definition) is 0. The molecule has 0 N–H and O–H groups in total. The molecule has 0 saturated carbocycles. The van der Waals surface area contributed by atoms with Gasteiger partial charge in [-0.2, -0.15) is 5.10 Å². The standard InChI is InChI=1S/C13H14Br2N2/c1-17-13(12(15)9-16-17)8-7-11(14)10-5-3-2-4-6-10/h2-6,9,11H,7-8H2,1H3. The van der Waals surface area contributed by atoms with E-state index in [1.807, 2.05) is 24.0 Å². The molecule has 1 atom stereocenters. The van der Waals surface area contributed by atoms with Gasteiger partial charge in [-0.1, -0.05) is 46.3 Å². The summed E-state index contributed by atoms with van der Waals surface area (Å²) in [7, 11) is 1.98. The fraction of sp³-hybridized carbons (Fsp3) is 0.308. The first kappa shape index (κ1) is 12.8. The lowest BCUT2D eigenvalue weighted by Gasteiger charge is -2.10. The number of aryl methyl sites for hydroxylation is 1. The van der Waals surface area contributed by atoms with Crippen LogP contribution in [0.1, 0.15) is 22.5 Å². The summed E-state index contributed by atoms with van der Waals surface area (Å²) in [5.74, 6) is 0. The maximum Gasteiger partial charge on any atom is 0.0635 e. The Hall–Kier alpha value is -0.610. The van der Waals surface area contributed by atoms with Crippen molar-refractivity contribution in [1.82, 2.24) is 9.78 Å². The van der Waals surface area contributed by atoms with Crippen molar-refractivity contribution in [1.29, 1.82) is 0 Å². The van der Waals surface area contributed by atoms with Gasteiger partial charge in [0.25, 0.3) is 0 Å². The van der Waals surface area contributed by atoms with E-state index in [0.717, 1.165) is 17.3 Å². The van der Waals surface area contributed by atoms with Gasteiger partial charge < -0.3 is 0 Å². The Balaban J connectivity index is 1.99. The zero-order valence-electron chi connectivity index (χ0n) is 9.61. The van der Waals surface area contributed by atoms with Gasteiger partial charge in [-0.25, -0.2) is 0 Å². The molecule has 1 unspecified atom stereocenters. The quantitative estimate of drug-likeness (QED) is 0.748. The molecule has 4 heteroatoms. The van der Waals surface area contributed by atoms with E-state index in [2.05, 4.69) is 61.2 Å². The van der Waals surface area contributed by atoms with Crippen molar-refractivity contribution in [3.05, 3.63) is 52.3 Å². The molecule has 2 rings (SSSR count). The van der Waals surface area contributed by atoms with Crippen molar-refractivity contribution in [2.45, 2.75) is 17.7 Å². The van der Waals surface area contributed by atoms with Crippen LogP contribution in [0.4, 0.5) is 0 Å². The van der Waals surface area contributed by atoms with E-state index in [-0.39, 0.29) is 0 Å². The Bertz CT molecular complexity index is 460. The molecule has 0 saturated heterocycles. The minimum absolute atomic E-state index is 0.394. The normalized spacial score (nSPS) is 12.6. The largest absolute Gasteiger partial charge is 0.271 e. The van der Waals surface area contributed by atoms with Crippen LogP contribution in [0.25, 0.3) is 0 Å². The van der Waals surface area contributed by atoms with Crippen molar-refractivity contribution < 1.29 is 0 Å². The summed E-state index contributed by atoms with van der Waals surface area (Å²) in [5, 5.41) is 4.22. The predicted molar refractivity (Wildman–Crippen MR) is 77.3 cm³/mol. The van der Waals surface area contributed by atoms with E-state index >= 15 is 0 Å². The molecule has 1 aromatic heterocycles. The monoisotopic (exact) mass is 356 g/mol. The van der Waals surface area contributed by atoms with Crippen molar-refractivity contribution >= 4 is 31.9 Å². The number of aromatic nitrogens is 2. The van der Waals surface area contributed by atoms with E-state index in [9.17, 15) is 0 Å². The summed E-state index contributed by atoms with van der Waals surface area (Å²) in [5.41, 5.74) is 2.57. The van der Waals surface area contributed by atoms with Gasteiger partial charge in [0.2, 0.25) is 0 Å². The van der Waals surface area contributed by atoms with E-state index < -0.39 is 0 Å². The van der Waals surface area contributed by atoms with Crippen LogP contribution in [0.15, 0.2) is 41.0 Å². The number of nitrogens with zero attached hydrogens (tertiary/aromatic N) is 2. The van der Waals surface area contributed by atoms with Gasteiger partial charge in [-0.15, -0.1) is 0 Å². The Kier molecular flexibility index (Phi) is 4.40. The highest BCUT2D eigenvalue weighted by atomic mass is 79.9. The van der Waals surface area contributed by atoms with Gasteiger partial charge in [-0.05, 0) is 34.3 Å². The second-order valence-electron chi connectivity index (χ2n) is 3.98. The molecule has 0 aliphatic rings. The molecule has 1 heterocycles. The zero-order chi connectivity index (χ0) is 12.3. The molecule has 2 aromatic rings. The Morgan fingerprint density at radius 1 is 1.29 bits per heavy atom. The number of benzene rings is 1. The van der Waals surface area contributed by atoms with Crippen LogP contribution < -0.4 is 0 Å². The number of halogens is 2. The summed E-state index contributed by atoms with van der Waals surface area (Å²) in [6.45, 7) is 0. The average molecular weight is 358 g/mol. The molecule has 0 aliphatic carbocycles. The van der Waals surface area contributed by atoms with Crippen LogP contribution in [0.5, 0.6) is 0 Å². The second kappa shape index (κ2) is 5.83. The number of hydrogen-bond acceptors (Lipinski definition) is 1. The van der Waals surface area contributed by atoms with Crippen molar-refractivity contribution in [2.75, 3.05) is 0 Å². The van der Waals surface area contributed by atoms with E-state index in [1.54, 1.807) is 0 Å². The molecule has 17 heavy (non-hydrogen) atoms.